The van der Waals surface area contributed by atoms with E-state index in [1.807, 2.05) is 0 Å². The summed E-state index contributed by atoms with van der Waals surface area (Å²) in [5.74, 6) is -0.680. The topological polar surface area (TPSA) is 118 Å². The Bertz CT molecular complexity index is 626. The number of carbonyl (C=O) groups is 2. The molecule has 8 heteroatoms. The van der Waals surface area contributed by atoms with E-state index in [2.05, 4.69) is 10.6 Å². The van der Waals surface area contributed by atoms with Crippen LogP contribution in [0.2, 0.25) is 0 Å². The first kappa shape index (κ1) is 16.0. The molecule has 0 bridgehead atoms. The maximum Gasteiger partial charge on any atom is 0.251 e. The largest absolute Gasteiger partial charge is 0.399 e. The molecule has 1 aromatic carbocycles. The fraction of sp³-hybridized carbons (Fsp3) is 0.333. The molecule has 0 fully saturated rings. The summed E-state index contributed by atoms with van der Waals surface area (Å²) < 4.78 is 22.9. The van der Waals surface area contributed by atoms with E-state index < -0.39 is 15.7 Å². The molecule has 110 valence electrons. The molecule has 0 aliphatic rings. The van der Waals surface area contributed by atoms with E-state index in [0.717, 1.165) is 6.26 Å². The normalized spacial score (nSPS) is 10.9. The summed E-state index contributed by atoms with van der Waals surface area (Å²) in [6.07, 6.45) is 1.18. The maximum absolute atomic E-state index is 11.9. The highest BCUT2D eigenvalue weighted by Crippen LogP contribution is 2.16. The Balaban J connectivity index is 2.83. The summed E-state index contributed by atoms with van der Waals surface area (Å²) >= 11 is 0. The van der Waals surface area contributed by atoms with E-state index in [9.17, 15) is 18.0 Å². The minimum Gasteiger partial charge on any atom is -0.399 e. The Morgan fingerprint density at radius 3 is 2.45 bits per heavy atom. The molecule has 0 radical (unpaired) electrons. The number of hydrogen-bond acceptors (Lipinski definition) is 5. The Kier molecular flexibility index (Phi) is 5.09. The molecule has 0 unspecified atom stereocenters. The number of nitrogens with one attached hydrogen (secondary N) is 2. The molecule has 20 heavy (non-hydrogen) atoms. The zero-order chi connectivity index (χ0) is 15.3. The molecule has 4 N–H and O–H groups in total. The highest BCUT2D eigenvalue weighted by molar-refractivity contribution is 7.90. The Labute approximate surface area is 117 Å². The lowest BCUT2D eigenvalue weighted by molar-refractivity contribution is -0.120. The van der Waals surface area contributed by atoms with Gasteiger partial charge in [-0.15, -0.1) is 0 Å². The predicted octanol–water partition coefficient (Wildman–Crippen LogP) is -0.462. The molecule has 0 saturated heterocycles. The van der Waals surface area contributed by atoms with Crippen LogP contribution in [0.25, 0.3) is 0 Å². The van der Waals surface area contributed by atoms with Crippen molar-refractivity contribution >= 4 is 27.3 Å². The summed E-state index contributed by atoms with van der Waals surface area (Å²) in [5, 5.41) is 4.95. The van der Waals surface area contributed by atoms with Gasteiger partial charge in [0.25, 0.3) is 5.91 Å². The van der Waals surface area contributed by atoms with Crippen LogP contribution in [-0.4, -0.2) is 40.1 Å². The molecule has 2 amide bonds. The van der Waals surface area contributed by atoms with Gasteiger partial charge < -0.3 is 16.4 Å². The molecule has 0 heterocycles. The molecular formula is C12H17N3O4S. The third-order valence-corrected chi connectivity index (χ3v) is 3.63. The van der Waals surface area contributed by atoms with Crippen LogP contribution in [-0.2, 0) is 14.6 Å². The van der Waals surface area contributed by atoms with E-state index in [0.29, 0.717) is 0 Å². The molecule has 0 spiro atoms. The van der Waals surface area contributed by atoms with Gasteiger partial charge in [-0.3, -0.25) is 9.59 Å². The summed E-state index contributed by atoms with van der Waals surface area (Å²) in [6, 6.07) is 3.92. The van der Waals surface area contributed by atoms with Crippen LogP contribution in [0, 0.1) is 0 Å². The van der Waals surface area contributed by atoms with E-state index in [-0.39, 0.29) is 35.0 Å². The lowest BCUT2D eigenvalue weighted by atomic mass is 10.2. The van der Waals surface area contributed by atoms with Crippen molar-refractivity contribution in [3.05, 3.63) is 23.8 Å². The van der Waals surface area contributed by atoms with Crippen LogP contribution in [0.5, 0.6) is 0 Å². The first-order chi connectivity index (χ1) is 9.24. The van der Waals surface area contributed by atoms with E-state index >= 15 is 0 Å². The van der Waals surface area contributed by atoms with Crippen LogP contribution in [0.3, 0.4) is 0 Å². The van der Waals surface area contributed by atoms with Crippen molar-refractivity contribution in [3.8, 4) is 0 Å². The second kappa shape index (κ2) is 6.38. The zero-order valence-electron chi connectivity index (χ0n) is 11.3. The van der Waals surface area contributed by atoms with Gasteiger partial charge in [0.05, 0.1) is 4.90 Å². The summed E-state index contributed by atoms with van der Waals surface area (Å²) in [6.45, 7) is 0.154. The van der Waals surface area contributed by atoms with Crippen molar-refractivity contribution in [2.24, 2.45) is 0 Å². The molecular weight excluding hydrogens is 282 g/mol. The van der Waals surface area contributed by atoms with Crippen LogP contribution in [0.15, 0.2) is 23.1 Å². The minimum atomic E-state index is -3.44. The molecule has 0 saturated carbocycles. The quantitative estimate of drug-likeness (QED) is 0.636. The van der Waals surface area contributed by atoms with E-state index in [4.69, 9.17) is 5.73 Å². The number of rotatable bonds is 5. The fourth-order valence-corrected chi connectivity index (χ4v) is 2.18. The predicted molar refractivity (Wildman–Crippen MR) is 75.0 cm³/mol. The second-order valence-electron chi connectivity index (χ2n) is 4.24. The van der Waals surface area contributed by atoms with Gasteiger partial charge in [-0.2, -0.15) is 0 Å². The number of anilines is 1. The van der Waals surface area contributed by atoms with Gasteiger partial charge in [0, 0.05) is 37.5 Å². The van der Waals surface area contributed by atoms with Crippen molar-refractivity contribution < 1.29 is 18.0 Å². The molecule has 0 aliphatic heterocycles. The van der Waals surface area contributed by atoms with Gasteiger partial charge in [0.1, 0.15) is 0 Å². The summed E-state index contributed by atoms with van der Waals surface area (Å²) in [5.41, 5.74) is 5.91. The van der Waals surface area contributed by atoms with Gasteiger partial charge in [0.15, 0.2) is 9.84 Å². The van der Waals surface area contributed by atoms with Crippen LogP contribution < -0.4 is 16.4 Å². The van der Waals surface area contributed by atoms with Gasteiger partial charge in [-0.1, -0.05) is 0 Å². The number of carbonyl (C=O) groups excluding carboxylic acids is 2. The zero-order valence-corrected chi connectivity index (χ0v) is 12.1. The van der Waals surface area contributed by atoms with E-state index in [1.165, 1.54) is 25.2 Å². The van der Waals surface area contributed by atoms with Gasteiger partial charge in [-0.25, -0.2) is 8.42 Å². The Hall–Kier alpha value is -2.09. The SMILES string of the molecule is CNC(=O)CCNC(=O)c1cc(N)cc(S(C)(=O)=O)c1. The van der Waals surface area contributed by atoms with Crippen LogP contribution >= 0.6 is 0 Å². The first-order valence-corrected chi connectivity index (χ1v) is 7.72. The van der Waals surface area contributed by atoms with Crippen molar-refractivity contribution in [3.63, 3.8) is 0 Å². The van der Waals surface area contributed by atoms with Gasteiger partial charge >= 0.3 is 0 Å². The van der Waals surface area contributed by atoms with Crippen LogP contribution in [0.1, 0.15) is 16.8 Å². The molecule has 1 aromatic rings. The highest BCUT2D eigenvalue weighted by atomic mass is 32.2. The van der Waals surface area contributed by atoms with Gasteiger partial charge in [-0.05, 0) is 18.2 Å². The standard InChI is InChI=1S/C12H17N3O4S/c1-14-11(16)3-4-15-12(17)8-5-9(13)7-10(6-8)20(2,18)19/h5-7H,3-4,13H2,1-2H3,(H,14,16)(H,15,17). The summed E-state index contributed by atoms with van der Waals surface area (Å²) in [4.78, 5) is 22.8. The highest BCUT2D eigenvalue weighted by Gasteiger charge is 2.13. The third kappa shape index (κ3) is 4.54. The van der Waals surface area contributed by atoms with E-state index in [1.54, 1.807) is 0 Å². The third-order valence-electron chi connectivity index (χ3n) is 2.54. The Morgan fingerprint density at radius 1 is 1.25 bits per heavy atom. The lowest BCUT2D eigenvalue weighted by Gasteiger charge is -2.07. The number of sulfone groups is 1. The first-order valence-electron chi connectivity index (χ1n) is 5.83. The molecule has 0 atom stereocenters. The van der Waals surface area contributed by atoms with Crippen molar-refractivity contribution in [1.82, 2.24) is 10.6 Å². The number of amides is 2. The molecule has 0 aromatic heterocycles. The monoisotopic (exact) mass is 299 g/mol. The smallest absolute Gasteiger partial charge is 0.251 e. The fourth-order valence-electron chi connectivity index (χ4n) is 1.48. The second-order valence-corrected chi connectivity index (χ2v) is 6.26. The average Bonchev–Trinajstić information content (AvgIpc) is 2.36. The number of nitrogen functional groups attached to an aromatic ring is 1. The number of benzene rings is 1. The van der Waals surface area contributed by atoms with Gasteiger partial charge in [0.2, 0.25) is 5.91 Å². The lowest BCUT2D eigenvalue weighted by Crippen LogP contribution is -2.29. The van der Waals surface area contributed by atoms with Crippen molar-refractivity contribution in [2.75, 3.05) is 25.6 Å². The number of nitrogens with two attached hydrogens (primary N) is 1. The molecule has 1 rings (SSSR count). The van der Waals surface area contributed by atoms with Crippen LogP contribution in [0.4, 0.5) is 5.69 Å². The Morgan fingerprint density at radius 2 is 1.90 bits per heavy atom. The van der Waals surface area contributed by atoms with Crippen molar-refractivity contribution in [1.29, 1.82) is 0 Å². The minimum absolute atomic E-state index is 0.0195. The average molecular weight is 299 g/mol. The molecule has 0 aliphatic carbocycles. The summed E-state index contributed by atoms with van der Waals surface area (Å²) in [7, 11) is -1.94. The van der Waals surface area contributed by atoms with Crippen molar-refractivity contribution in [2.45, 2.75) is 11.3 Å². The molecule has 7 nitrogen and oxygen atoms in total. The number of hydrogen-bond donors (Lipinski definition) is 3. The maximum atomic E-state index is 11.9.